The Morgan fingerprint density at radius 2 is 2.00 bits per heavy atom. The van der Waals surface area contributed by atoms with E-state index in [1.807, 2.05) is 22.9 Å². The quantitative estimate of drug-likeness (QED) is 0.386. The van der Waals surface area contributed by atoms with Crippen molar-refractivity contribution in [1.29, 1.82) is 0 Å². The van der Waals surface area contributed by atoms with Crippen LogP contribution in [0.25, 0.3) is 45.2 Å². The molecule has 178 valence electrons. The molecule has 3 aromatic heterocycles. The number of allylic oxidation sites excluding steroid dienone is 1. The maximum Gasteiger partial charge on any atom is 0.292 e. The van der Waals surface area contributed by atoms with E-state index in [1.54, 1.807) is 0 Å². The SMILES string of the molecule is C=C1c2c(C)cccc2C=C(Cn2nc(-c3ccc4oc(N)nc4c3)c3c(N)ncnc32)N1C1CC1. The number of hydrogen-bond acceptors (Lipinski definition) is 8. The van der Waals surface area contributed by atoms with Crippen LogP contribution in [-0.4, -0.2) is 35.7 Å². The van der Waals surface area contributed by atoms with Gasteiger partial charge in [-0.15, -0.1) is 0 Å². The van der Waals surface area contributed by atoms with E-state index >= 15 is 0 Å². The third-order valence-electron chi connectivity index (χ3n) is 6.98. The Kier molecular flexibility index (Phi) is 4.26. The van der Waals surface area contributed by atoms with Crippen LogP contribution in [0.4, 0.5) is 11.8 Å². The first-order valence-electron chi connectivity index (χ1n) is 11.9. The fraction of sp³-hybridized carbons (Fsp3) is 0.185. The summed E-state index contributed by atoms with van der Waals surface area (Å²) in [6.45, 7) is 7.16. The Bertz CT molecular complexity index is 1740. The van der Waals surface area contributed by atoms with Crippen molar-refractivity contribution in [3.8, 4) is 11.3 Å². The summed E-state index contributed by atoms with van der Waals surface area (Å²) in [6.07, 6.45) is 6.03. The van der Waals surface area contributed by atoms with Crippen LogP contribution < -0.4 is 11.5 Å². The summed E-state index contributed by atoms with van der Waals surface area (Å²) < 4.78 is 7.34. The number of anilines is 2. The number of nitrogens with two attached hydrogens (primary N) is 2. The molecule has 0 saturated heterocycles. The van der Waals surface area contributed by atoms with Gasteiger partial charge < -0.3 is 20.8 Å². The van der Waals surface area contributed by atoms with E-state index in [1.165, 1.54) is 23.0 Å². The monoisotopic (exact) mass is 476 g/mol. The lowest BCUT2D eigenvalue weighted by Crippen LogP contribution is -2.29. The zero-order valence-electron chi connectivity index (χ0n) is 19.8. The summed E-state index contributed by atoms with van der Waals surface area (Å²) in [5.41, 5.74) is 21.4. The van der Waals surface area contributed by atoms with Crippen molar-refractivity contribution in [3.05, 3.63) is 71.7 Å². The standard InChI is InChI=1S/C27H24N8O/c1-14-4-3-5-16-10-19(35(18-7-8-18)15(2)22(14)16)12-34-26-23(25(28)30-13-31-26)24(33-34)17-6-9-21-20(11-17)32-27(29)36-21/h3-6,9-11,13,18H,2,7-8,12H2,1H3,(H2,29,32)(H2,28,30,31). The molecule has 0 unspecified atom stereocenters. The first-order valence-corrected chi connectivity index (χ1v) is 11.9. The normalized spacial score (nSPS) is 15.5. The van der Waals surface area contributed by atoms with Crippen molar-refractivity contribution >= 4 is 45.7 Å². The molecule has 2 aromatic carbocycles. The summed E-state index contributed by atoms with van der Waals surface area (Å²) in [6, 6.07) is 12.6. The number of nitrogens with zero attached hydrogens (tertiary/aromatic N) is 6. The highest BCUT2D eigenvalue weighted by molar-refractivity contribution is 5.99. The Balaban J connectivity index is 1.38. The predicted molar refractivity (Wildman–Crippen MR) is 140 cm³/mol. The fourth-order valence-electron chi connectivity index (χ4n) is 5.25. The third-order valence-corrected chi connectivity index (χ3v) is 6.98. The van der Waals surface area contributed by atoms with Crippen LogP contribution in [0.1, 0.15) is 29.5 Å². The number of oxazole rings is 1. The number of fused-ring (bicyclic) bond motifs is 3. The van der Waals surface area contributed by atoms with E-state index in [-0.39, 0.29) is 6.01 Å². The van der Waals surface area contributed by atoms with Crippen LogP contribution in [0, 0.1) is 6.92 Å². The Hall–Kier alpha value is -4.66. The van der Waals surface area contributed by atoms with Gasteiger partial charge in [0.2, 0.25) is 0 Å². The van der Waals surface area contributed by atoms with Gasteiger partial charge in [0.05, 0.1) is 11.9 Å². The molecule has 2 aliphatic rings. The van der Waals surface area contributed by atoms with E-state index < -0.39 is 0 Å². The molecule has 1 aliphatic carbocycles. The maximum atomic E-state index is 6.35. The van der Waals surface area contributed by atoms with Gasteiger partial charge in [0.15, 0.2) is 11.2 Å². The molecule has 7 rings (SSSR count). The molecule has 0 amide bonds. The summed E-state index contributed by atoms with van der Waals surface area (Å²) >= 11 is 0. The van der Waals surface area contributed by atoms with E-state index in [4.69, 9.17) is 21.0 Å². The lowest BCUT2D eigenvalue weighted by Gasteiger charge is -2.35. The Morgan fingerprint density at radius 3 is 2.83 bits per heavy atom. The smallest absolute Gasteiger partial charge is 0.292 e. The number of aryl methyl sites for hydroxylation is 1. The molecule has 0 spiro atoms. The molecule has 1 fully saturated rings. The highest BCUT2D eigenvalue weighted by Gasteiger charge is 2.36. The molecule has 4 heterocycles. The van der Waals surface area contributed by atoms with E-state index in [0.29, 0.717) is 46.2 Å². The fourth-order valence-corrected chi connectivity index (χ4v) is 5.25. The molecule has 0 atom stereocenters. The molecule has 0 radical (unpaired) electrons. The van der Waals surface area contributed by atoms with Gasteiger partial charge in [-0.25, -0.2) is 14.6 Å². The van der Waals surface area contributed by atoms with Crippen LogP contribution in [0.3, 0.4) is 0 Å². The maximum absolute atomic E-state index is 6.35. The topological polar surface area (TPSA) is 125 Å². The van der Waals surface area contributed by atoms with Gasteiger partial charge in [0.1, 0.15) is 23.4 Å². The summed E-state index contributed by atoms with van der Waals surface area (Å²) in [4.78, 5) is 15.5. The van der Waals surface area contributed by atoms with Crippen molar-refractivity contribution in [2.24, 2.45) is 0 Å². The molecular weight excluding hydrogens is 452 g/mol. The molecule has 1 saturated carbocycles. The zero-order valence-corrected chi connectivity index (χ0v) is 19.8. The highest BCUT2D eigenvalue weighted by Crippen LogP contribution is 2.43. The first kappa shape index (κ1) is 20.7. The van der Waals surface area contributed by atoms with Gasteiger partial charge in [-0.1, -0.05) is 24.8 Å². The summed E-state index contributed by atoms with van der Waals surface area (Å²) in [7, 11) is 0. The van der Waals surface area contributed by atoms with Gasteiger partial charge in [-0.2, -0.15) is 10.1 Å². The van der Waals surface area contributed by atoms with Gasteiger partial charge in [0, 0.05) is 28.6 Å². The number of hydrogen-bond donors (Lipinski definition) is 2. The van der Waals surface area contributed by atoms with Crippen molar-refractivity contribution in [2.45, 2.75) is 32.4 Å². The molecule has 9 heteroatoms. The van der Waals surface area contributed by atoms with Gasteiger partial charge in [-0.3, -0.25) is 0 Å². The van der Waals surface area contributed by atoms with Crippen molar-refractivity contribution in [3.63, 3.8) is 0 Å². The second-order valence-electron chi connectivity index (χ2n) is 9.42. The molecule has 5 aromatic rings. The summed E-state index contributed by atoms with van der Waals surface area (Å²) in [5, 5.41) is 5.69. The van der Waals surface area contributed by atoms with E-state index in [2.05, 4.69) is 57.6 Å². The second-order valence-corrected chi connectivity index (χ2v) is 9.42. The van der Waals surface area contributed by atoms with Crippen LogP contribution in [0.5, 0.6) is 0 Å². The number of nitrogen functional groups attached to an aromatic ring is 2. The number of aromatic nitrogens is 5. The molecule has 1 aliphatic heterocycles. The van der Waals surface area contributed by atoms with Crippen LogP contribution >= 0.6 is 0 Å². The average Bonchev–Trinajstić information content (AvgIpc) is 3.51. The lowest BCUT2D eigenvalue weighted by molar-refractivity contribution is 0.440. The number of benzene rings is 2. The first-order chi connectivity index (χ1) is 17.5. The molecular formula is C27H24N8O. The largest absolute Gasteiger partial charge is 0.424 e. The predicted octanol–water partition coefficient (Wildman–Crippen LogP) is 4.60. The molecule has 4 N–H and O–H groups in total. The van der Waals surface area contributed by atoms with Gasteiger partial charge in [0.25, 0.3) is 6.01 Å². The highest BCUT2D eigenvalue weighted by atomic mass is 16.4. The molecule has 36 heavy (non-hydrogen) atoms. The Morgan fingerprint density at radius 1 is 1.14 bits per heavy atom. The van der Waals surface area contributed by atoms with Crippen molar-refractivity contribution in [1.82, 2.24) is 29.6 Å². The van der Waals surface area contributed by atoms with E-state index in [9.17, 15) is 0 Å². The van der Waals surface area contributed by atoms with Crippen molar-refractivity contribution < 1.29 is 4.42 Å². The minimum atomic E-state index is 0.125. The lowest BCUT2D eigenvalue weighted by atomic mass is 9.94. The zero-order chi connectivity index (χ0) is 24.6. The van der Waals surface area contributed by atoms with Crippen molar-refractivity contribution in [2.75, 3.05) is 11.5 Å². The van der Waals surface area contributed by atoms with Gasteiger partial charge in [-0.05, 0) is 55.2 Å². The minimum absolute atomic E-state index is 0.125. The summed E-state index contributed by atoms with van der Waals surface area (Å²) in [5.74, 6) is 0.378. The number of rotatable bonds is 4. The third kappa shape index (κ3) is 3.09. The molecule has 9 nitrogen and oxygen atoms in total. The van der Waals surface area contributed by atoms with Gasteiger partial charge >= 0.3 is 0 Å². The van der Waals surface area contributed by atoms with Crippen LogP contribution in [0.15, 0.2) is 59.4 Å². The Labute approximate surface area is 206 Å². The molecule has 0 bridgehead atoms. The van der Waals surface area contributed by atoms with Crippen LogP contribution in [0.2, 0.25) is 0 Å². The average molecular weight is 477 g/mol. The minimum Gasteiger partial charge on any atom is -0.424 e. The van der Waals surface area contributed by atoms with Crippen LogP contribution in [-0.2, 0) is 6.54 Å². The van der Waals surface area contributed by atoms with E-state index in [0.717, 1.165) is 29.8 Å². The second kappa shape index (κ2) is 7.42.